The van der Waals surface area contributed by atoms with Gasteiger partial charge >= 0.3 is 0 Å². The normalized spacial score (nSPS) is 11.0. The lowest BCUT2D eigenvalue weighted by molar-refractivity contribution is -0.118. The number of hydrogen-bond acceptors (Lipinski definition) is 4. The minimum absolute atomic E-state index is 0.428. The van der Waals surface area contributed by atoms with E-state index in [1.807, 2.05) is 42.5 Å². The zero-order valence-electron chi connectivity index (χ0n) is 13.9. The predicted molar refractivity (Wildman–Crippen MR) is 97.3 cm³/mol. The maximum atomic E-state index is 11.2. The maximum Gasteiger partial charge on any atom is 0.250 e. The molecule has 126 valence electrons. The molecule has 0 radical (unpaired) electrons. The Hall–Kier alpha value is -2.79. The summed E-state index contributed by atoms with van der Waals surface area (Å²) in [6.07, 6.45) is 2.10. The van der Waals surface area contributed by atoms with E-state index in [0.717, 1.165) is 17.0 Å². The molecule has 1 amide bonds. The Morgan fingerprint density at radius 2 is 1.88 bits per heavy atom. The van der Waals surface area contributed by atoms with Crippen LogP contribution in [-0.2, 0) is 4.79 Å². The van der Waals surface area contributed by atoms with Crippen molar-refractivity contribution >= 4 is 23.4 Å². The van der Waals surface area contributed by atoms with Crippen LogP contribution in [0.25, 0.3) is 6.08 Å². The summed E-state index contributed by atoms with van der Waals surface area (Å²) in [6.45, 7) is 2.21. The number of rotatable bonds is 7. The lowest BCUT2D eigenvalue weighted by Crippen LogP contribution is -2.15. The average molecular weight is 326 g/mol. The molecule has 0 heterocycles. The first-order chi connectivity index (χ1) is 11.6. The van der Waals surface area contributed by atoms with E-state index < -0.39 is 12.5 Å². The van der Waals surface area contributed by atoms with Gasteiger partial charge in [-0.2, -0.15) is 0 Å². The second-order valence-corrected chi connectivity index (χ2v) is 5.40. The van der Waals surface area contributed by atoms with Gasteiger partial charge in [-0.05, 0) is 42.8 Å². The van der Waals surface area contributed by atoms with Gasteiger partial charge in [0.1, 0.15) is 12.4 Å². The van der Waals surface area contributed by atoms with Gasteiger partial charge in [0.15, 0.2) is 0 Å². The summed E-state index contributed by atoms with van der Waals surface area (Å²) in [5.41, 5.74) is 3.83. The number of carbonyl (C=O) groups is 1. The van der Waals surface area contributed by atoms with E-state index in [1.165, 1.54) is 5.57 Å². The molecule has 24 heavy (non-hydrogen) atoms. The van der Waals surface area contributed by atoms with E-state index in [9.17, 15) is 4.79 Å². The van der Waals surface area contributed by atoms with E-state index in [-0.39, 0.29) is 0 Å². The fourth-order valence-electron chi connectivity index (χ4n) is 2.18. The third-order valence-corrected chi connectivity index (χ3v) is 3.39. The summed E-state index contributed by atoms with van der Waals surface area (Å²) >= 11 is 0. The number of anilines is 2. The molecule has 5 heteroatoms. The number of amides is 1. The highest BCUT2D eigenvalue weighted by molar-refractivity contribution is 5.91. The van der Waals surface area contributed by atoms with E-state index >= 15 is 0 Å². The third kappa shape index (κ3) is 5.44. The molecule has 0 aliphatic heterocycles. The molecule has 0 aliphatic carbocycles. The highest BCUT2D eigenvalue weighted by Gasteiger charge is 2.01. The lowest BCUT2D eigenvalue weighted by atomic mass is 10.1. The number of aliphatic hydroxyl groups excluding tert-OH is 1. The van der Waals surface area contributed by atoms with Crippen molar-refractivity contribution in [2.75, 3.05) is 30.9 Å². The van der Waals surface area contributed by atoms with Crippen molar-refractivity contribution in [2.45, 2.75) is 6.92 Å². The first-order valence-corrected chi connectivity index (χ1v) is 7.66. The zero-order chi connectivity index (χ0) is 17.4. The quantitative estimate of drug-likeness (QED) is 0.731. The van der Waals surface area contributed by atoms with Gasteiger partial charge in [0.05, 0.1) is 7.11 Å². The smallest absolute Gasteiger partial charge is 0.250 e. The Bertz CT molecular complexity index is 709. The minimum atomic E-state index is -0.526. The molecule has 2 rings (SSSR count). The van der Waals surface area contributed by atoms with Gasteiger partial charge in [-0.3, -0.25) is 4.79 Å². The molecular weight excluding hydrogens is 304 g/mol. The Balaban J connectivity index is 1.95. The van der Waals surface area contributed by atoms with Crippen LogP contribution >= 0.6 is 0 Å². The number of nitrogens with one attached hydrogen (secondary N) is 2. The van der Waals surface area contributed by atoms with Crippen LogP contribution in [0.5, 0.6) is 5.75 Å². The molecule has 0 aromatic heterocycles. The third-order valence-electron chi connectivity index (χ3n) is 3.39. The van der Waals surface area contributed by atoms with Gasteiger partial charge in [-0.15, -0.1) is 0 Å². The highest BCUT2D eigenvalue weighted by atomic mass is 16.5. The van der Waals surface area contributed by atoms with Crippen LogP contribution in [0.15, 0.2) is 54.1 Å². The van der Waals surface area contributed by atoms with Crippen LogP contribution in [0.1, 0.15) is 12.5 Å². The first-order valence-electron chi connectivity index (χ1n) is 7.66. The van der Waals surface area contributed by atoms with Crippen molar-refractivity contribution in [3.05, 3.63) is 59.7 Å². The van der Waals surface area contributed by atoms with Crippen molar-refractivity contribution in [3.63, 3.8) is 0 Å². The van der Waals surface area contributed by atoms with Crippen LogP contribution < -0.4 is 15.4 Å². The number of carbonyl (C=O) groups excluding carboxylic acids is 1. The Labute approximate surface area is 142 Å². The van der Waals surface area contributed by atoms with Gasteiger partial charge in [-0.1, -0.05) is 29.8 Å². The highest BCUT2D eigenvalue weighted by Crippen LogP contribution is 2.17. The number of hydrogen-bond donors (Lipinski definition) is 3. The number of aliphatic hydroxyl groups is 1. The first kappa shape index (κ1) is 17.6. The van der Waals surface area contributed by atoms with E-state index in [0.29, 0.717) is 12.2 Å². The van der Waals surface area contributed by atoms with Gasteiger partial charge in [-0.25, -0.2) is 0 Å². The van der Waals surface area contributed by atoms with Crippen LogP contribution in [0.3, 0.4) is 0 Å². The Kier molecular flexibility index (Phi) is 6.40. The summed E-state index contributed by atoms with van der Waals surface area (Å²) in [6, 6.07) is 15.3. The van der Waals surface area contributed by atoms with E-state index in [4.69, 9.17) is 9.84 Å². The van der Waals surface area contributed by atoms with Crippen molar-refractivity contribution in [2.24, 2.45) is 0 Å². The Morgan fingerprint density at radius 1 is 1.17 bits per heavy atom. The monoisotopic (exact) mass is 326 g/mol. The average Bonchev–Trinajstić information content (AvgIpc) is 2.61. The van der Waals surface area contributed by atoms with Crippen molar-refractivity contribution in [3.8, 4) is 5.75 Å². The number of methoxy groups -OCH3 is 1. The molecule has 0 spiro atoms. The molecule has 0 saturated heterocycles. The van der Waals surface area contributed by atoms with E-state index in [1.54, 1.807) is 13.2 Å². The fraction of sp³-hybridized carbons (Fsp3) is 0.211. The van der Waals surface area contributed by atoms with Crippen molar-refractivity contribution in [1.82, 2.24) is 0 Å². The minimum Gasteiger partial charge on any atom is -0.497 e. The topological polar surface area (TPSA) is 70.6 Å². The molecule has 0 aliphatic rings. The summed E-state index contributed by atoms with van der Waals surface area (Å²) in [5, 5.41) is 14.7. The van der Waals surface area contributed by atoms with E-state index in [2.05, 4.69) is 23.6 Å². The molecule has 0 unspecified atom stereocenters. The van der Waals surface area contributed by atoms with Crippen molar-refractivity contribution in [1.29, 1.82) is 0 Å². The number of benzene rings is 2. The second kappa shape index (κ2) is 8.74. The zero-order valence-corrected chi connectivity index (χ0v) is 13.9. The van der Waals surface area contributed by atoms with Crippen LogP contribution in [0, 0.1) is 0 Å². The molecular formula is C19H22N2O3. The SMILES string of the molecule is COc1ccc(/C=C(/C)CNc2cccc(NC(=O)CO)c2)cc1. The summed E-state index contributed by atoms with van der Waals surface area (Å²) in [7, 11) is 1.65. The largest absolute Gasteiger partial charge is 0.497 e. The molecule has 0 bridgehead atoms. The molecule has 5 nitrogen and oxygen atoms in total. The fourth-order valence-corrected chi connectivity index (χ4v) is 2.18. The van der Waals surface area contributed by atoms with Gasteiger partial charge in [0.2, 0.25) is 5.91 Å². The summed E-state index contributed by atoms with van der Waals surface area (Å²) in [4.78, 5) is 11.2. The second-order valence-electron chi connectivity index (χ2n) is 5.40. The van der Waals surface area contributed by atoms with Crippen LogP contribution in [0.2, 0.25) is 0 Å². The van der Waals surface area contributed by atoms with Crippen molar-refractivity contribution < 1.29 is 14.6 Å². The van der Waals surface area contributed by atoms with Crippen LogP contribution in [-0.4, -0.2) is 31.3 Å². The molecule has 0 atom stereocenters. The Morgan fingerprint density at radius 3 is 2.54 bits per heavy atom. The molecule has 2 aromatic rings. The molecule has 0 saturated carbocycles. The summed E-state index contributed by atoms with van der Waals surface area (Å²) < 4.78 is 5.15. The lowest BCUT2D eigenvalue weighted by Gasteiger charge is -2.09. The standard InChI is InChI=1S/C19H22N2O3/c1-14(10-15-6-8-18(24-2)9-7-15)12-20-16-4-3-5-17(11-16)21-19(23)13-22/h3-11,20,22H,12-13H2,1-2H3,(H,21,23)/b14-10-. The molecule has 0 fully saturated rings. The van der Waals surface area contributed by atoms with Gasteiger partial charge in [0, 0.05) is 17.9 Å². The predicted octanol–water partition coefficient (Wildman–Crippen LogP) is 3.14. The van der Waals surface area contributed by atoms with Crippen LogP contribution in [0.4, 0.5) is 11.4 Å². The van der Waals surface area contributed by atoms with Gasteiger partial charge in [0.25, 0.3) is 0 Å². The summed E-state index contributed by atoms with van der Waals surface area (Å²) in [5.74, 6) is 0.410. The van der Waals surface area contributed by atoms with Gasteiger partial charge < -0.3 is 20.5 Å². The number of ether oxygens (including phenoxy) is 1. The molecule has 3 N–H and O–H groups in total. The molecule has 2 aromatic carbocycles. The maximum absolute atomic E-state index is 11.2.